The lowest BCUT2D eigenvalue weighted by Crippen LogP contribution is -2.58. The highest BCUT2D eigenvalue weighted by atomic mass is 16.5. The van der Waals surface area contributed by atoms with E-state index in [1.165, 1.54) is 12.8 Å². The van der Waals surface area contributed by atoms with Crippen molar-refractivity contribution >= 4 is 0 Å². The van der Waals surface area contributed by atoms with Crippen molar-refractivity contribution < 1.29 is 4.74 Å². The fourth-order valence-electron chi connectivity index (χ4n) is 2.53. The van der Waals surface area contributed by atoms with Crippen molar-refractivity contribution in [1.82, 2.24) is 5.32 Å². The summed E-state index contributed by atoms with van der Waals surface area (Å²) in [6, 6.07) is 0. The van der Waals surface area contributed by atoms with Crippen LogP contribution < -0.4 is 5.32 Å². The Balaban J connectivity index is 2.70. The maximum absolute atomic E-state index is 5.65. The first-order valence-electron chi connectivity index (χ1n) is 5.71. The van der Waals surface area contributed by atoms with Crippen LogP contribution in [-0.4, -0.2) is 25.3 Å². The minimum Gasteiger partial charge on any atom is -0.381 e. The van der Waals surface area contributed by atoms with Gasteiger partial charge in [-0.05, 0) is 26.7 Å². The zero-order valence-corrected chi connectivity index (χ0v) is 10.3. The third kappa shape index (κ3) is 2.48. The first-order valence-corrected chi connectivity index (χ1v) is 5.71. The highest BCUT2D eigenvalue weighted by Gasteiger charge is 2.42. The average Bonchev–Trinajstić information content (AvgIpc) is 2.10. The van der Waals surface area contributed by atoms with Gasteiger partial charge in [-0.2, -0.15) is 0 Å². The normalized spacial score (nSPS) is 37.1. The number of hydrogen-bond donors (Lipinski definition) is 1. The van der Waals surface area contributed by atoms with Gasteiger partial charge in [0.25, 0.3) is 0 Å². The molecule has 1 aliphatic rings. The molecule has 1 rings (SSSR count). The summed E-state index contributed by atoms with van der Waals surface area (Å²) in [6.07, 6.45) is 3.99. The smallest absolute Gasteiger partial charge is 0.0654 e. The van der Waals surface area contributed by atoms with Gasteiger partial charge in [-0.25, -0.2) is 0 Å². The third-order valence-electron chi connectivity index (χ3n) is 3.55. The van der Waals surface area contributed by atoms with Crippen LogP contribution in [0.15, 0.2) is 0 Å². The van der Waals surface area contributed by atoms with Crippen LogP contribution >= 0.6 is 0 Å². The molecule has 0 spiro atoms. The van der Waals surface area contributed by atoms with E-state index >= 15 is 0 Å². The van der Waals surface area contributed by atoms with Gasteiger partial charge in [0.15, 0.2) is 0 Å². The van der Waals surface area contributed by atoms with Crippen molar-refractivity contribution in [2.45, 2.75) is 58.6 Å². The Hall–Kier alpha value is -0.0800. The molecule has 0 aromatic carbocycles. The van der Waals surface area contributed by atoms with Crippen molar-refractivity contribution in [3.05, 3.63) is 0 Å². The number of rotatable bonds is 3. The van der Waals surface area contributed by atoms with E-state index in [9.17, 15) is 0 Å². The van der Waals surface area contributed by atoms with Gasteiger partial charge < -0.3 is 10.1 Å². The Labute approximate surface area is 88.4 Å². The molecule has 0 amide bonds. The molecule has 1 fully saturated rings. The van der Waals surface area contributed by atoms with E-state index in [0.29, 0.717) is 11.5 Å². The molecular formula is C12H25NO. The second-order valence-electron chi connectivity index (χ2n) is 5.57. The zero-order valence-electron chi connectivity index (χ0n) is 10.3. The van der Waals surface area contributed by atoms with Crippen molar-refractivity contribution in [2.24, 2.45) is 5.41 Å². The molecule has 0 bridgehead atoms. The highest BCUT2D eigenvalue weighted by Crippen LogP contribution is 2.37. The lowest BCUT2D eigenvalue weighted by atomic mass is 9.71. The summed E-state index contributed by atoms with van der Waals surface area (Å²) in [4.78, 5) is 0. The fourth-order valence-corrected chi connectivity index (χ4v) is 2.53. The lowest BCUT2D eigenvalue weighted by Gasteiger charge is -2.47. The summed E-state index contributed by atoms with van der Waals surface area (Å²) < 4.78 is 5.65. The van der Waals surface area contributed by atoms with Gasteiger partial charge in [0.05, 0.1) is 6.10 Å². The Morgan fingerprint density at radius 3 is 2.50 bits per heavy atom. The van der Waals surface area contributed by atoms with E-state index in [1.807, 2.05) is 7.11 Å². The SMILES string of the molecule is CCC[C@]1(C)CNC(C)(C)CC1OC. The Bertz CT molecular complexity index is 191. The molecule has 2 nitrogen and oxygen atoms in total. The zero-order chi connectivity index (χ0) is 10.8. The van der Waals surface area contributed by atoms with E-state index in [0.717, 1.165) is 13.0 Å². The summed E-state index contributed by atoms with van der Waals surface area (Å²) in [6.45, 7) is 10.2. The maximum Gasteiger partial charge on any atom is 0.0654 e. The van der Waals surface area contributed by atoms with Gasteiger partial charge in [0.1, 0.15) is 0 Å². The molecule has 1 heterocycles. The largest absolute Gasteiger partial charge is 0.381 e. The van der Waals surface area contributed by atoms with E-state index in [2.05, 4.69) is 33.0 Å². The molecule has 0 aromatic rings. The van der Waals surface area contributed by atoms with Crippen LogP contribution in [0.25, 0.3) is 0 Å². The lowest BCUT2D eigenvalue weighted by molar-refractivity contribution is -0.0547. The van der Waals surface area contributed by atoms with Gasteiger partial charge in [-0.15, -0.1) is 0 Å². The molecule has 1 N–H and O–H groups in total. The number of nitrogens with one attached hydrogen (secondary N) is 1. The monoisotopic (exact) mass is 199 g/mol. The van der Waals surface area contributed by atoms with Gasteiger partial charge in [0, 0.05) is 24.6 Å². The number of hydrogen-bond acceptors (Lipinski definition) is 2. The van der Waals surface area contributed by atoms with E-state index in [-0.39, 0.29) is 5.54 Å². The molecule has 84 valence electrons. The Morgan fingerprint density at radius 1 is 1.36 bits per heavy atom. The van der Waals surface area contributed by atoms with E-state index < -0.39 is 0 Å². The van der Waals surface area contributed by atoms with Gasteiger partial charge in [-0.1, -0.05) is 20.3 Å². The number of ether oxygens (including phenoxy) is 1. The second kappa shape index (κ2) is 4.19. The quantitative estimate of drug-likeness (QED) is 0.754. The summed E-state index contributed by atoms with van der Waals surface area (Å²) in [5.41, 5.74) is 0.549. The predicted molar refractivity (Wildman–Crippen MR) is 60.5 cm³/mol. The van der Waals surface area contributed by atoms with Crippen LogP contribution in [0.1, 0.15) is 47.0 Å². The van der Waals surface area contributed by atoms with Crippen LogP contribution in [0.4, 0.5) is 0 Å². The summed E-state index contributed by atoms with van der Waals surface area (Å²) in [5.74, 6) is 0. The molecule has 0 saturated carbocycles. The van der Waals surface area contributed by atoms with Crippen molar-refractivity contribution in [3.8, 4) is 0 Å². The van der Waals surface area contributed by atoms with Crippen LogP contribution in [0.2, 0.25) is 0 Å². The minimum atomic E-state index is 0.230. The first-order chi connectivity index (χ1) is 6.43. The Morgan fingerprint density at radius 2 is 2.00 bits per heavy atom. The standard InChI is InChI=1S/C12H25NO/c1-6-7-12(4)9-13-11(2,3)8-10(12)14-5/h10,13H,6-9H2,1-5H3/t10?,12-/m1/s1. The summed E-state index contributed by atoms with van der Waals surface area (Å²) in [5, 5.41) is 3.62. The second-order valence-corrected chi connectivity index (χ2v) is 5.57. The molecule has 1 aliphatic heterocycles. The molecule has 0 aromatic heterocycles. The van der Waals surface area contributed by atoms with E-state index in [4.69, 9.17) is 4.74 Å². The van der Waals surface area contributed by atoms with Gasteiger partial charge in [-0.3, -0.25) is 0 Å². The van der Waals surface area contributed by atoms with E-state index in [1.54, 1.807) is 0 Å². The molecule has 14 heavy (non-hydrogen) atoms. The minimum absolute atomic E-state index is 0.230. The predicted octanol–water partition coefficient (Wildman–Crippen LogP) is 2.58. The van der Waals surface area contributed by atoms with Crippen LogP contribution in [0, 0.1) is 5.41 Å². The van der Waals surface area contributed by atoms with Gasteiger partial charge >= 0.3 is 0 Å². The number of piperidine rings is 1. The Kier molecular flexibility index (Phi) is 3.59. The molecule has 1 unspecified atom stereocenters. The van der Waals surface area contributed by atoms with Crippen LogP contribution in [0.5, 0.6) is 0 Å². The fraction of sp³-hybridized carbons (Fsp3) is 1.00. The highest BCUT2D eigenvalue weighted by molar-refractivity contribution is 4.97. The summed E-state index contributed by atoms with van der Waals surface area (Å²) in [7, 11) is 1.85. The van der Waals surface area contributed by atoms with Crippen molar-refractivity contribution in [1.29, 1.82) is 0 Å². The topological polar surface area (TPSA) is 21.3 Å². The number of methoxy groups -OCH3 is 1. The average molecular weight is 199 g/mol. The van der Waals surface area contributed by atoms with Gasteiger partial charge in [0.2, 0.25) is 0 Å². The molecule has 1 saturated heterocycles. The van der Waals surface area contributed by atoms with Crippen LogP contribution in [0.3, 0.4) is 0 Å². The molecular weight excluding hydrogens is 174 g/mol. The molecule has 2 atom stereocenters. The van der Waals surface area contributed by atoms with Crippen molar-refractivity contribution in [2.75, 3.05) is 13.7 Å². The maximum atomic E-state index is 5.65. The van der Waals surface area contributed by atoms with Crippen LogP contribution in [-0.2, 0) is 4.74 Å². The summed E-state index contributed by atoms with van der Waals surface area (Å²) >= 11 is 0. The first kappa shape index (κ1) is 12.0. The van der Waals surface area contributed by atoms with Crippen molar-refractivity contribution in [3.63, 3.8) is 0 Å². The third-order valence-corrected chi connectivity index (χ3v) is 3.55. The molecule has 2 heteroatoms. The molecule has 0 aliphatic carbocycles. The molecule has 0 radical (unpaired) electrons.